The summed E-state index contributed by atoms with van der Waals surface area (Å²) in [7, 11) is 0. The molecule has 0 saturated carbocycles. The van der Waals surface area contributed by atoms with Crippen LogP contribution in [0.3, 0.4) is 0 Å². The Morgan fingerprint density at radius 3 is 2.92 bits per heavy atom. The van der Waals surface area contributed by atoms with E-state index in [1.807, 2.05) is 24.6 Å². The molecule has 3 heterocycles. The average molecular weight is 347 g/mol. The van der Waals surface area contributed by atoms with Gasteiger partial charge in [-0.2, -0.15) is 5.10 Å². The van der Waals surface area contributed by atoms with Crippen LogP contribution in [0.4, 0.5) is 0 Å². The molecule has 8 heteroatoms. The van der Waals surface area contributed by atoms with Crippen LogP contribution >= 0.6 is 11.8 Å². The third-order valence-electron chi connectivity index (χ3n) is 4.10. The first kappa shape index (κ1) is 16.8. The van der Waals surface area contributed by atoms with Crippen LogP contribution < -0.4 is 10.9 Å². The van der Waals surface area contributed by atoms with Gasteiger partial charge >= 0.3 is 0 Å². The standard InChI is InChI=1S/C16H21N5O2S/c1-10-7-18-16-20(15(10)23)8-13(9-24-16)14(22)17-4-5-21-12(3)6-11(2)19-21/h6-7,13H,4-5,8-9H2,1-3H3,(H,17,22). The van der Waals surface area contributed by atoms with Crippen molar-refractivity contribution in [3.63, 3.8) is 0 Å². The van der Waals surface area contributed by atoms with Crippen molar-refractivity contribution in [1.29, 1.82) is 0 Å². The number of aromatic nitrogens is 4. The van der Waals surface area contributed by atoms with Crippen LogP contribution in [0.25, 0.3) is 0 Å². The lowest BCUT2D eigenvalue weighted by molar-refractivity contribution is -0.124. The van der Waals surface area contributed by atoms with Crippen molar-refractivity contribution < 1.29 is 4.79 Å². The summed E-state index contributed by atoms with van der Waals surface area (Å²) in [6, 6.07) is 2.01. The van der Waals surface area contributed by atoms with Crippen molar-refractivity contribution >= 4 is 17.7 Å². The molecule has 2 aromatic rings. The number of aryl methyl sites for hydroxylation is 3. The van der Waals surface area contributed by atoms with Gasteiger partial charge in [0.05, 0.1) is 18.2 Å². The molecule has 0 fully saturated rings. The summed E-state index contributed by atoms with van der Waals surface area (Å²) in [5.41, 5.74) is 2.59. The molecule has 1 unspecified atom stereocenters. The highest BCUT2D eigenvalue weighted by atomic mass is 32.2. The van der Waals surface area contributed by atoms with E-state index in [-0.39, 0.29) is 17.4 Å². The van der Waals surface area contributed by atoms with Gasteiger partial charge < -0.3 is 5.32 Å². The smallest absolute Gasteiger partial charge is 0.257 e. The Morgan fingerprint density at radius 2 is 2.21 bits per heavy atom. The number of carbonyl (C=O) groups excluding carboxylic acids is 1. The fourth-order valence-corrected chi connectivity index (χ4v) is 3.84. The van der Waals surface area contributed by atoms with Gasteiger partial charge in [0.1, 0.15) is 0 Å². The lowest BCUT2D eigenvalue weighted by Crippen LogP contribution is -2.41. The first-order valence-corrected chi connectivity index (χ1v) is 8.92. The van der Waals surface area contributed by atoms with E-state index in [2.05, 4.69) is 15.4 Å². The van der Waals surface area contributed by atoms with Crippen molar-refractivity contribution in [2.24, 2.45) is 5.92 Å². The number of nitrogens with one attached hydrogen (secondary N) is 1. The van der Waals surface area contributed by atoms with E-state index >= 15 is 0 Å². The first-order valence-electron chi connectivity index (χ1n) is 7.93. The molecule has 24 heavy (non-hydrogen) atoms. The van der Waals surface area contributed by atoms with Crippen LogP contribution in [0.5, 0.6) is 0 Å². The highest BCUT2D eigenvalue weighted by molar-refractivity contribution is 7.99. The molecular formula is C16H21N5O2S. The lowest BCUT2D eigenvalue weighted by Gasteiger charge is -2.24. The molecule has 1 atom stereocenters. The number of thioether (sulfide) groups is 1. The van der Waals surface area contributed by atoms with E-state index in [0.717, 1.165) is 11.4 Å². The van der Waals surface area contributed by atoms with E-state index in [1.165, 1.54) is 11.8 Å². The second-order valence-corrected chi connectivity index (χ2v) is 7.08. The summed E-state index contributed by atoms with van der Waals surface area (Å²) >= 11 is 1.46. The van der Waals surface area contributed by atoms with Crippen LogP contribution in [0.15, 0.2) is 22.2 Å². The molecule has 1 N–H and O–H groups in total. The highest BCUT2D eigenvalue weighted by Gasteiger charge is 2.26. The molecule has 0 bridgehead atoms. The van der Waals surface area contributed by atoms with Crippen molar-refractivity contribution in [3.8, 4) is 0 Å². The Bertz CT molecular complexity index is 826. The highest BCUT2D eigenvalue weighted by Crippen LogP contribution is 2.24. The van der Waals surface area contributed by atoms with E-state index in [0.29, 0.717) is 36.1 Å². The number of rotatable bonds is 4. The fraction of sp³-hybridized carbons (Fsp3) is 0.500. The van der Waals surface area contributed by atoms with E-state index < -0.39 is 0 Å². The Kier molecular flexibility index (Phi) is 4.75. The number of amides is 1. The molecule has 7 nitrogen and oxygen atoms in total. The minimum atomic E-state index is -0.218. The predicted octanol–water partition coefficient (Wildman–Crippen LogP) is 0.903. The van der Waals surface area contributed by atoms with Gasteiger partial charge in [-0.05, 0) is 26.8 Å². The van der Waals surface area contributed by atoms with Gasteiger partial charge in [-0.15, -0.1) is 0 Å². The summed E-state index contributed by atoms with van der Waals surface area (Å²) in [6.45, 7) is 7.25. The molecule has 0 aromatic carbocycles. The second kappa shape index (κ2) is 6.80. The van der Waals surface area contributed by atoms with Gasteiger partial charge in [0.2, 0.25) is 5.91 Å². The monoisotopic (exact) mass is 347 g/mol. The molecule has 1 amide bonds. The SMILES string of the molecule is Cc1cc(C)n(CCNC(=O)C2CSc3ncc(C)c(=O)n3C2)n1. The lowest BCUT2D eigenvalue weighted by atomic mass is 10.1. The Morgan fingerprint density at radius 1 is 1.42 bits per heavy atom. The Hall–Kier alpha value is -2.09. The summed E-state index contributed by atoms with van der Waals surface area (Å²) in [4.78, 5) is 28.9. The van der Waals surface area contributed by atoms with Crippen molar-refractivity contribution in [2.45, 2.75) is 39.0 Å². The molecule has 0 radical (unpaired) electrons. The predicted molar refractivity (Wildman–Crippen MR) is 92.2 cm³/mol. The van der Waals surface area contributed by atoms with Gasteiger partial charge in [-0.3, -0.25) is 18.8 Å². The van der Waals surface area contributed by atoms with Crippen LogP contribution in [0, 0.1) is 26.7 Å². The fourth-order valence-electron chi connectivity index (χ4n) is 2.79. The molecule has 0 saturated heterocycles. The zero-order chi connectivity index (χ0) is 17.3. The summed E-state index contributed by atoms with van der Waals surface area (Å²) < 4.78 is 3.49. The van der Waals surface area contributed by atoms with Gasteiger partial charge in [-0.25, -0.2) is 4.98 Å². The Labute approximate surface area is 144 Å². The number of carbonyl (C=O) groups is 1. The molecule has 2 aromatic heterocycles. The third-order valence-corrected chi connectivity index (χ3v) is 5.25. The van der Waals surface area contributed by atoms with E-state index in [4.69, 9.17) is 0 Å². The van der Waals surface area contributed by atoms with E-state index in [1.54, 1.807) is 17.7 Å². The largest absolute Gasteiger partial charge is 0.354 e. The van der Waals surface area contributed by atoms with Crippen LogP contribution in [-0.2, 0) is 17.9 Å². The van der Waals surface area contributed by atoms with Crippen molar-refractivity contribution in [3.05, 3.63) is 39.6 Å². The maximum absolute atomic E-state index is 12.4. The maximum Gasteiger partial charge on any atom is 0.257 e. The van der Waals surface area contributed by atoms with Crippen LogP contribution in [-0.4, -0.2) is 37.5 Å². The minimum absolute atomic E-state index is 0.0249. The molecule has 1 aliphatic heterocycles. The Balaban J connectivity index is 1.59. The molecule has 0 spiro atoms. The number of nitrogens with zero attached hydrogens (tertiary/aromatic N) is 4. The molecule has 128 valence electrons. The van der Waals surface area contributed by atoms with E-state index in [9.17, 15) is 9.59 Å². The normalized spacial score (nSPS) is 16.7. The first-order chi connectivity index (χ1) is 11.5. The second-order valence-electron chi connectivity index (χ2n) is 6.09. The number of hydrogen-bond acceptors (Lipinski definition) is 5. The third kappa shape index (κ3) is 3.38. The van der Waals surface area contributed by atoms with Gasteiger partial charge in [-0.1, -0.05) is 11.8 Å². The zero-order valence-electron chi connectivity index (χ0n) is 14.1. The summed E-state index contributed by atoms with van der Waals surface area (Å²) in [5, 5.41) is 8.02. The maximum atomic E-state index is 12.4. The van der Waals surface area contributed by atoms with Crippen molar-refractivity contribution in [2.75, 3.05) is 12.3 Å². The molecule has 3 rings (SSSR count). The molecular weight excluding hydrogens is 326 g/mol. The summed E-state index contributed by atoms with van der Waals surface area (Å²) in [5.74, 6) is 0.397. The summed E-state index contributed by atoms with van der Waals surface area (Å²) in [6.07, 6.45) is 1.59. The molecule has 0 aliphatic carbocycles. The minimum Gasteiger partial charge on any atom is -0.354 e. The van der Waals surface area contributed by atoms with Gasteiger partial charge in [0.25, 0.3) is 5.56 Å². The van der Waals surface area contributed by atoms with Gasteiger partial charge in [0.15, 0.2) is 5.16 Å². The van der Waals surface area contributed by atoms with Crippen LogP contribution in [0.1, 0.15) is 17.0 Å². The number of fused-ring (bicyclic) bond motifs is 1. The van der Waals surface area contributed by atoms with Crippen LogP contribution in [0.2, 0.25) is 0 Å². The topological polar surface area (TPSA) is 81.8 Å². The van der Waals surface area contributed by atoms with Gasteiger partial charge in [0, 0.05) is 36.3 Å². The molecule has 1 aliphatic rings. The zero-order valence-corrected chi connectivity index (χ0v) is 14.9. The quantitative estimate of drug-likeness (QED) is 0.831. The average Bonchev–Trinajstić information content (AvgIpc) is 2.88. The number of hydrogen-bond donors (Lipinski definition) is 1. The van der Waals surface area contributed by atoms with Crippen molar-refractivity contribution in [1.82, 2.24) is 24.6 Å².